The van der Waals surface area contributed by atoms with E-state index in [1.54, 1.807) is 12.1 Å². The molecule has 1 aliphatic rings. The second-order valence-corrected chi connectivity index (χ2v) is 6.98. The molecule has 0 saturated carbocycles. The van der Waals surface area contributed by atoms with E-state index in [1.165, 1.54) is 0 Å². The summed E-state index contributed by atoms with van der Waals surface area (Å²) in [5.41, 5.74) is 0.181. The third kappa shape index (κ3) is 9.92. The number of alkyl halides is 3. The van der Waals surface area contributed by atoms with Crippen LogP contribution in [0.3, 0.4) is 0 Å². The molecule has 1 aliphatic heterocycles. The van der Waals surface area contributed by atoms with Gasteiger partial charge < -0.3 is 20.1 Å². The van der Waals surface area contributed by atoms with Gasteiger partial charge in [0.25, 0.3) is 0 Å². The van der Waals surface area contributed by atoms with Crippen LogP contribution in [0.15, 0.2) is 29.3 Å². The Morgan fingerprint density at radius 3 is 2.42 bits per heavy atom. The number of halogens is 4. The molecule has 2 rings (SSSR count). The fraction of sp³-hybridized carbons (Fsp3) is 0.667. The zero-order chi connectivity index (χ0) is 21.8. The molecular formula is C21H34F3IN4O2. The first kappa shape index (κ1) is 27.9. The molecule has 0 bridgehead atoms. The van der Waals surface area contributed by atoms with Gasteiger partial charge in [0.15, 0.2) is 5.96 Å². The van der Waals surface area contributed by atoms with Gasteiger partial charge in [-0.15, -0.1) is 24.0 Å². The molecule has 0 radical (unpaired) electrons. The minimum Gasteiger partial charge on any atom is -0.382 e. The fourth-order valence-corrected chi connectivity index (χ4v) is 3.26. The molecule has 178 valence electrons. The van der Waals surface area contributed by atoms with Gasteiger partial charge >= 0.3 is 6.18 Å². The molecule has 1 saturated heterocycles. The summed E-state index contributed by atoms with van der Waals surface area (Å²) < 4.78 is 49.6. The van der Waals surface area contributed by atoms with Crippen molar-refractivity contribution >= 4 is 29.9 Å². The normalized spacial score (nSPS) is 16.5. The Bertz CT molecular complexity index is 639. The van der Waals surface area contributed by atoms with Gasteiger partial charge in [0.2, 0.25) is 0 Å². The van der Waals surface area contributed by atoms with Crippen molar-refractivity contribution < 1.29 is 22.6 Å². The van der Waals surface area contributed by atoms with Crippen LogP contribution in [0.5, 0.6) is 0 Å². The number of aliphatic imine (C=N–C) groups is 1. The minimum atomic E-state index is -4.34. The highest BCUT2D eigenvalue weighted by Gasteiger charge is 2.31. The van der Waals surface area contributed by atoms with Crippen molar-refractivity contribution in [2.45, 2.75) is 32.5 Å². The van der Waals surface area contributed by atoms with Crippen molar-refractivity contribution in [3.05, 3.63) is 35.4 Å². The Morgan fingerprint density at radius 1 is 1.16 bits per heavy atom. The molecule has 31 heavy (non-hydrogen) atoms. The van der Waals surface area contributed by atoms with E-state index in [-0.39, 0.29) is 30.0 Å². The quantitative estimate of drug-likeness (QED) is 0.199. The monoisotopic (exact) mass is 558 g/mol. The van der Waals surface area contributed by atoms with Crippen LogP contribution in [-0.2, 0) is 15.7 Å². The third-order valence-electron chi connectivity index (χ3n) is 4.84. The Hall–Kier alpha value is -1.11. The largest absolute Gasteiger partial charge is 0.416 e. The molecule has 1 aromatic carbocycles. The van der Waals surface area contributed by atoms with Crippen molar-refractivity contribution in [3.8, 4) is 0 Å². The average Bonchev–Trinajstić information content (AvgIpc) is 2.74. The second kappa shape index (κ2) is 14.9. The molecule has 2 N–H and O–H groups in total. The lowest BCUT2D eigenvalue weighted by Gasteiger charge is -2.34. The molecule has 0 amide bonds. The number of ether oxygens (including phenoxy) is 2. The predicted molar refractivity (Wildman–Crippen MR) is 127 cm³/mol. The van der Waals surface area contributed by atoms with Gasteiger partial charge in [-0.3, -0.25) is 9.89 Å². The second-order valence-electron chi connectivity index (χ2n) is 6.98. The standard InChI is InChI=1S/C21H33F3N4O2.HI/c1-3-25-20(26-10-5-13-29-4-2)27-16-19(28-11-14-30-15-12-28)17-6-8-18(9-7-17)21(22,23)24;/h6-9,19H,3-5,10-16H2,1-2H3,(H2,25,26,27);1H. The van der Waals surface area contributed by atoms with Gasteiger partial charge in [-0.05, 0) is 38.0 Å². The van der Waals surface area contributed by atoms with E-state index in [0.29, 0.717) is 38.9 Å². The molecule has 1 fully saturated rings. The van der Waals surface area contributed by atoms with Gasteiger partial charge in [0, 0.05) is 39.4 Å². The molecule has 1 atom stereocenters. The van der Waals surface area contributed by atoms with E-state index in [4.69, 9.17) is 14.5 Å². The number of hydrogen-bond acceptors (Lipinski definition) is 4. The van der Waals surface area contributed by atoms with Crippen LogP contribution in [0, 0.1) is 0 Å². The van der Waals surface area contributed by atoms with Crippen LogP contribution in [0.2, 0.25) is 0 Å². The zero-order valence-electron chi connectivity index (χ0n) is 18.2. The average molecular weight is 558 g/mol. The van der Waals surface area contributed by atoms with E-state index in [2.05, 4.69) is 15.5 Å². The van der Waals surface area contributed by atoms with E-state index < -0.39 is 11.7 Å². The van der Waals surface area contributed by atoms with E-state index in [1.807, 2.05) is 13.8 Å². The van der Waals surface area contributed by atoms with Crippen molar-refractivity contribution in [3.63, 3.8) is 0 Å². The van der Waals surface area contributed by atoms with Crippen LogP contribution in [0.1, 0.15) is 37.4 Å². The highest BCUT2D eigenvalue weighted by molar-refractivity contribution is 14.0. The maximum Gasteiger partial charge on any atom is 0.416 e. The number of morpholine rings is 1. The number of nitrogens with one attached hydrogen (secondary N) is 2. The molecular weight excluding hydrogens is 524 g/mol. The van der Waals surface area contributed by atoms with Crippen molar-refractivity contribution in [2.24, 2.45) is 4.99 Å². The topological polar surface area (TPSA) is 58.1 Å². The molecule has 10 heteroatoms. The maximum atomic E-state index is 12.9. The summed E-state index contributed by atoms with van der Waals surface area (Å²) in [6.07, 6.45) is -3.47. The van der Waals surface area contributed by atoms with Crippen LogP contribution >= 0.6 is 24.0 Å². The van der Waals surface area contributed by atoms with Gasteiger partial charge in [-0.2, -0.15) is 13.2 Å². The number of nitrogens with zero attached hydrogens (tertiary/aromatic N) is 2. The van der Waals surface area contributed by atoms with Crippen LogP contribution < -0.4 is 10.6 Å². The molecule has 1 aromatic rings. The summed E-state index contributed by atoms with van der Waals surface area (Å²) in [4.78, 5) is 6.92. The lowest BCUT2D eigenvalue weighted by Crippen LogP contribution is -2.42. The lowest BCUT2D eigenvalue weighted by atomic mass is 10.0. The van der Waals surface area contributed by atoms with Crippen LogP contribution in [-0.4, -0.2) is 70.0 Å². The van der Waals surface area contributed by atoms with Crippen molar-refractivity contribution in [2.75, 3.05) is 59.2 Å². The molecule has 6 nitrogen and oxygen atoms in total. The van der Waals surface area contributed by atoms with E-state index >= 15 is 0 Å². The highest BCUT2D eigenvalue weighted by atomic mass is 127. The summed E-state index contributed by atoms with van der Waals surface area (Å²) in [5.74, 6) is 0.694. The Morgan fingerprint density at radius 2 is 1.84 bits per heavy atom. The minimum absolute atomic E-state index is 0. The summed E-state index contributed by atoms with van der Waals surface area (Å²) in [6.45, 7) is 9.89. The Balaban J connectivity index is 0.00000480. The Labute approximate surface area is 200 Å². The smallest absolute Gasteiger partial charge is 0.382 e. The molecule has 1 unspecified atom stereocenters. The molecule has 1 heterocycles. The zero-order valence-corrected chi connectivity index (χ0v) is 20.5. The van der Waals surface area contributed by atoms with Gasteiger partial charge in [-0.1, -0.05) is 12.1 Å². The Kier molecular flexibility index (Phi) is 13.4. The number of guanidine groups is 1. The van der Waals surface area contributed by atoms with E-state index in [0.717, 1.165) is 50.3 Å². The fourth-order valence-electron chi connectivity index (χ4n) is 3.26. The summed E-state index contributed by atoms with van der Waals surface area (Å²) in [5, 5.41) is 6.50. The van der Waals surface area contributed by atoms with Gasteiger partial charge in [0.1, 0.15) is 0 Å². The summed E-state index contributed by atoms with van der Waals surface area (Å²) >= 11 is 0. The van der Waals surface area contributed by atoms with Crippen molar-refractivity contribution in [1.82, 2.24) is 15.5 Å². The first-order chi connectivity index (χ1) is 14.5. The first-order valence-corrected chi connectivity index (χ1v) is 10.5. The van der Waals surface area contributed by atoms with Gasteiger partial charge in [0.05, 0.1) is 31.4 Å². The highest BCUT2D eigenvalue weighted by Crippen LogP contribution is 2.31. The van der Waals surface area contributed by atoms with Crippen molar-refractivity contribution in [1.29, 1.82) is 0 Å². The third-order valence-corrected chi connectivity index (χ3v) is 4.84. The molecule has 0 spiro atoms. The maximum absolute atomic E-state index is 12.9. The number of rotatable bonds is 10. The van der Waals surface area contributed by atoms with Crippen LogP contribution in [0.4, 0.5) is 13.2 Å². The van der Waals surface area contributed by atoms with Gasteiger partial charge in [-0.25, -0.2) is 0 Å². The molecule has 0 aromatic heterocycles. The number of hydrogen-bond donors (Lipinski definition) is 2. The van der Waals surface area contributed by atoms with Crippen LogP contribution in [0.25, 0.3) is 0 Å². The SMILES string of the molecule is CCNC(=NCC(c1ccc(C(F)(F)F)cc1)N1CCOCC1)NCCCOCC.I. The van der Waals surface area contributed by atoms with E-state index in [9.17, 15) is 13.2 Å². The summed E-state index contributed by atoms with van der Waals surface area (Å²) in [7, 11) is 0. The summed E-state index contributed by atoms with van der Waals surface area (Å²) in [6, 6.07) is 5.28. The molecule has 0 aliphatic carbocycles. The predicted octanol–water partition coefficient (Wildman–Crippen LogP) is 3.68. The number of benzene rings is 1. The lowest BCUT2D eigenvalue weighted by molar-refractivity contribution is -0.137. The first-order valence-electron chi connectivity index (χ1n) is 10.5.